The van der Waals surface area contributed by atoms with Crippen LogP contribution in [0.15, 0.2) is 18.2 Å². The third-order valence-electron chi connectivity index (χ3n) is 3.41. The van der Waals surface area contributed by atoms with Crippen LogP contribution < -0.4 is 15.4 Å². The van der Waals surface area contributed by atoms with E-state index in [2.05, 4.69) is 0 Å². The number of hydrogen-bond donors (Lipinski definition) is 2. The van der Waals surface area contributed by atoms with E-state index in [1.54, 1.807) is 23.1 Å². The van der Waals surface area contributed by atoms with E-state index in [1.807, 2.05) is 20.8 Å². The molecule has 1 amide bonds. The monoisotopic (exact) mass is 278 g/mol. The molecular formula is C15H22N2O3. The lowest BCUT2D eigenvalue weighted by molar-refractivity contribution is -0.121. The molecule has 5 heteroatoms. The highest BCUT2D eigenvalue weighted by Gasteiger charge is 2.29. The minimum atomic E-state index is -0.726. The first-order valence-corrected chi connectivity index (χ1v) is 6.94. The van der Waals surface area contributed by atoms with E-state index in [-0.39, 0.29) is 24.5 Å². The van der Waals surface area contributed by atoms with E-state index >= 15 is 0 Å². The minimum absolute atomic E-state index is 0.0459. The van der Waals surface area contributed by atoms with Gasteiger partial charge in [-0.2, -0.15) is 0 Å². The second kappa shape index (κ2) is 5.81. The summed E-state index contributed by atoms with van der Waals surface area (Å²) in [4.78, 5) is 14.1. The maximum atomic E-state index is 12.3. The molecule has 1 heterocycles. The van der Waals surface area contributed by atoms with Gasteiger partial charge in [-0.1, -0.05) is 19.9 Å². The van der Waals surface area contributed by atoms with Gasteiger partial charge in [0.05, 0.1) is 18.3 Å². The summed E-state index contributed by atoms with van der Waals surface area (Å²) in [5.41, 5.74) is 6.90. The lowest BCUT2D eigenvalue weighted by Crippen LogP contribution is -2.44. The number of hydrogen-bond acceptors (Lipinski definition) is 4. The zero-order valence-electron chi connectivity index (χ0n) is 12.2. The van der Waals surface area contributed by atoms with Crippen molar-refractivity contribution in [3.05, 3.63) is 23.8 Å². The summed E-state index contributed by atoms with van der Waals surface area (Å²) in [5, 5.41) is 9.85. The highest BCUT2D eigenvalue weighted by Crippen LogP contribution is 2.36. The Morgan fingerprint density at radius 3 is 2.85 bits per heavy atom. The molecule has 0 saturated carbocycles. The van der Waals surface area contributed by atoms with Crippen molar-refractivity contribution in [3.8, 4) is 5.75 Å². The molecule has 0 aliphatic carbocycles. The number of ether oxygens (including phenoxy) is 1. The Kier molecular flexibility index (Phi) is 4.30. The second-order valence-corrected chi connectivity index (χ2v) is 5.51. The molecule has 2 atom stereocenters. The predicted octanol–water partition coefficient (Wildman–Crippen LogP) is 1.45. The average Bonchev–Trinajstić information content (AvgIpc) is 2.44. The van der Waals surface area contributed by atoms with Crippen LogP contribution in [0.1, 0.15) is 32.4 Å². The largest absolute Gasteiger partial charge is 0.487 e. The van der Waals surface area contributed by atoms with Gasteiger partial charge in [-0.05, 0) is 24.6 Å². The van der Waals surface area contributed by atoms with Crippen molar-refractivity contribution in [1.82, 2.24) is 0 Å². The number of aliphatic hydroxyl groups is 1. The molecule has 5 nitrogen and oxygen atoms in total. The van der Waals surface area contributed by atoms with E-state index in [4.69, 9.17) is 10.5 Å². The SMILES string of the molecule is CC1CN(C(=O)C(C)C)c2cc(C(O)CN)ccc2O1. The highest BCUT2D eigenvalue weighted by molar-refractivity contribution is 5.96. The van der Waals surface area contributed by atoms with Crippen LogP contribution in [0.2, 0.25) is 0 Å². The van der Waals surface area contributed by atoms with Crippen LogP contribution in [0.25, 0.3) is 0 Å². The fourth-order valence-electron chi connectivity index (χ4n) is 2.32. The molecule has 1 aromatic carbocycles. The topological polar surface area (TPSA) is 75.8 Å². The quantitative estimate of drug-likeness (QED) is 0.877. The fraction of sp³-hybridized carbons (Fsp3) is 0.533. The van der Waals surface area contributed by atoms with Crippen LogP contribution in [-0.4, -0.2) is 30.2 Å². The number of amides is 1. The molecule has 2 unspecified atom stereocenters. The van der Waals surface area contributed by atoms with Crippen LogP contribution in [0.5, 0.6) is 5.75 Å². The number of aliphatic hydroxyl groups excluding tert-OH is 1. The van der Waals surface area contributed by atoms with E-state index in [1.165, 1.54) is 0 Å². The fourth-order valence-corrected chi connectivity index (χ4v) is 2.32. The van der Waals surface area contributed by atoms with Gasteiger partial charge >= 0.3 is 0 Å². The molecule has 1 aliphatic rings. The molecule has 1 aliphatic heterocycles. The Balaban J connectivity index is 2.42. The lowest BCUT2D eigenvalue weighted by Gasteiger charge is -2.35. The second-order valence-electron chi connectivity index (χ2n) is 5.51. The van der Waals surface area contributed by atoms with E-state index in [0.29, 0.717) is 23.5 Å². The van der Waals surface area contributed by atoms with Gasteiger partial charge in [-0.3, -0.25) is 4.79 Å². The Morgan fingerprint density at radius 1 is 1.55 bits per heavy atom. The average molecular weight is 278 g/mol. The number of anilines is 1. The normalized spacial score (nSPS) is 19.5. The smallest absolute Gasteiger partial charge is 0.229 e. The molecule has 0 saturated heterocycles. The van der Waals surface area contributed by atoms with Crippen LogP contribution in [-0.2, 0) is 4.79 Å². The number of carbonyl (C=O) groups excluding carboxylic acids is 1. The molecule has 0 fully saturated rings. The number of benzene rings is 1. The summed E-state index contributed by atoms with van der Waals surface area (Å²) in [7, 11) is 0. The van der Waals surface area contributed by atoms with Crippen LogP contribution >= 0.6 is 0 Å². The number of nitrogens with zero attached hydrogens (tertiary/aromatic N) is 1. The molecule has 2 rings (SSSR count). The van der Waals surface area contributed by atoms with Gasteiger partial charge < -0.3 is 20.5 Å². The van der Waals surface area contributed by atoms with Crippen molar-refractivity contribution in [3.63, 3.8) is 0 Å². The maximum Gasteiger partial charge on any atom is 0.229 e. The summed E-state index contributed by atoms with van der Waals surface area (Å²) >= 11 is 0. The van der Waals surface area contributed by atoms with Crippen LogP contribution in [0.3, 0.4) is 0 Å². The number of nitrogens with two attached hydrogens (primary N) is 1. The Morgan fingerprint density at radius 2 is 2.25 bits per heavy atom. The van der Waals surface area contributed by atoms with Gasteiger partial charge in [0, 0.05) is 12.5 Å². The summed E-state index contributed by atoms with van der Waals surface area (Å²) in [6.07, 6.45) is -0.772. The van der Waals surface area contributed by atoms with Crippen molar-refractivity contribution >= 4 is 11.6 Å². The summed E-state index contributed by atoms with van der Waals surface area (Å²) in [6.45, 7) is 6.36. The number of rotatable bonds is 3. The zero-order valence-corrected chi connectivity index (χ0v) is 12.2. The van der Waals surface area contributed by atoms with Gasteiger partial charge in [0.1, 0.15) is 11.9 Å². The van der Waals surface area contributed by atoms with E-state index < -0.39 is 6.10 Å². The molecule has 20 heavy (non-hydrogen) atoms. The molecular weight excluding hydrogens is 256 g/mol. The molecule has 0 radical (unpaired) electrons. The first-order chi connectivity index (χ1) is 9.43. The summed E-state index contributed by atoms with van der Waals surface area (Å²) < 4.78 is 5.75. The third-order valence-corrected chi connectivity index (χ3v) is 3.41. The summed E-state index contributed by atoms with van der Waals surface area (Å²) in [6, 6.07) is 5.37. The van der Waals surface area contributed by atoms with Crippen molar-refractivity contribution in [1.29, 1.82) is 0 Å². The molecule has 1 aromatic rings. The first-order valence-electron chi connectivity index (χ1n) is 6.94. The molecule has 3 N–H and O–H groups in total. The van der Waals surface area contributed by atoms with Crippen LogP contribution in [0, 0.1) is 5.92 Å². The standard InChI is InChI=1S/C15H22N2O3/c1-9(2)15(19)17-8-10(3)20-14-5-4-11(6-12(14)17)13(18)7-16/h4-6,9-10,13,18H,7-8,16H2,1-3H3. The Hall–Kier alpha value is -1.59. The molecule has 110 valence electrons. The third kappa shape index (κ3) is 2.78. The first kappa shape index (κ1) is 14.8. The van der Waals surface area contributed by atoms with E-state index in [9.17, 15) is 9.90 Å². The van der Waals surface area contributed by atoms with Gasteiger partial charge in [-0.25, -0.2) is 0 Å². The molecule has 0 spiro atoms. The summed E-state index contributed by atoms with van der Waals surface area (Å²) in [5.74, 6) is 0.641. The van der Waals surface area contributed by atoms with Crippen molar-refractivity contribution < 1.29 is 14.6 Å². The van der Waals surface area contributed by atoms with Crippen molar-refractivity contribution in [2.75, 3.05) is 18.0 Å². The van der Waals surface area contributed by atoms with Crippen molar-refractivity contribution in [2.24, 2.45) is 11.7 Å². The van der Waals surface area contributed by atoms with Gasteiger partial charge in [-0.15, -0.1) is 0 Å². The van der Waals surface area contributed by atoms with Gasteiger partial charge in [0.15, 0.2) is 0 Å². The maximum absolute atomic E-state index is 12.3. The highest BCUT2D eigenvalue weighted by atomic mass is 16.5. The van der Waals surface area contributed by atoms with Gasteiger partial charge in [0.25, 0.3) is 0 Å². The Bertz CT molecular complexity index is 502. The minimum Gasteiger partial charge on any atom is -0.487 e. The molecule has 0 bridgehead atoms. The van der Waals surface area contributed by atoms with Crippen molar-refractivity contribution in [2.45, 2.75) is 33.0 Å². The van der Waals surface area contributed by atoms with Gasteiger partial charge in [0.2, 0.25) is 5.91 Å². The number of fused-ring (bicyclic) bond motifs is 1. The van der Waals surface area contributed by atoms with Crippen LogP contribution in [0.4, 0.5) is 5.69 Å². The lowest BCUT2D eigenvalue weighted by atomic mass is 10.0. The Labute approximate surface area is 119 Å². The zero-order chi connectivity index (χ0) is 14.9. The number of carbonyl (C=O) groups is 1. The predicted molar refractivity (Wildman–Crippen MR) is 77.7 cm³/mol. The molecule has 0 aromatic heterocycles. The van der Waals surface area contributed by atoms with E-state index in [0.717, 1.165) is 0 Å².